The van der Waals surface area contributed by atoms with Crippen molar-refractivity contribution < 1.29 is 4.79 Å². The average Bonchev–Trinajstić information content (AvgIpc) is 2.27. The first-order valence-corrected chi connectivity index (χ1v) is 6.27. The Bertz CT molecular complexity index is 193. The molecule has 0 spiro atoms. The van der Waals surface area contributed by atoms with Crippen molar-refractivity contribution in [2.45, 2.75) is 57.9 Å². The second kappa shape index (κ2) is 8.82. The third-order valence-electron chi connectivity index (χ3n) is 3.30. The molecule has 0 aromatic carbocycles. The molecule has 1 atom stereocenters. The molecule has 1 rings (SSSR count). The number of halogens is 1. The van der Waals surface area contributed by atoms with Crippen LogP contribution in [-0.4, -0.2) is 18.5 Å². The van der Waals surface area contributed by atoms with Crippen molar-refractivity contribution in [3.8, 4) is 0 Å². The van der Waals surface area contributed by atoms with Gasteiger partial charge in [0.1, 0.15) is 0 Å². The number of carbonyl (C=O) groups is 1. The SMILES string of the molecule is CCCC(=O)NC(CN)C1CCCCC1.Cl. The lowest BCUT2D eigenvalue weighted by molar-refractivity contribution is -0.122. The molecule has 3 nitrogen and oxygen atoms in total. The maximum absolute atomic E-state index is 11.5. The molecule has 1 saturated carbocycles. The molecule has 0 aliphatic heterocycles. The van der Waals surface area contributed by atoms with Crippen LogP contribution < -0.4 is 11.1 Å². The fourth-order valence-electron chi connectivity index (χ4n) is 2.41. The topological polar surface area (TPSA) is 55.1 Å². The molecule has 1 aliphatic carbocycles. The first-order chi connectivity index (χ1) is 7.27. The summed E-state index contributed by atoms with van der Waals surface area (Å²) < 4.78 is 0. The highest BCUT2D eigenvalue weighted by molar-refractivity contribution is 5.85. The summed E-state index contributed by atoms with van der Waals surface area (Å²) in [4.78, 5) is 11.5. The van der Waals surface area contributed by atoms with Crippen LogP contribution in [0.15, 0.2) is 0 Å². The summed E-state index contributed by atoms with van der Waals surface area (Å²) in [6.07, 6.45) is 7.94. The van der Waals surface area contributed by atoms with E-state index in [-0.39, 0.29) is 24.4 Å². The zero-order chi connectivity index (χ0) is 11.1. The molecule has 0 radical (unpaired) electrons. The molecule has 0 aromatic heterocycles. The van der Waals surface area contributed by atoms with Crippen LogP contribution in [0.3, 0.4) is 0 Å². The summed E-state index contributed by atoms with van der Waals surface area (Å²) in [5, 5.41) is 3.07. The van der Waals surface area contributed by atoms with Gasteiger partial charge in [0.15, 0.2) is 0 Å². The van der Waals surface area contributed by atoms with Crippen molar-refractivity contribution in [1.82, 2.24) is 5.32 Å². The standard InChI is InChI=1S/C12H24N2O.ClH/c1-2-6-12(15)14-11(9-13)10-7-4-3-5-8-10;/h10-11H,2-9,13H2,1H3,(H,14,15);1H. The van der Waals surface area contributed by atoms with E-state index in [1.54, 1.807) is 0 Å². The minimum atomic E-state index is 0. The monoisotopic (exact) mass is 248 g/mol. The summed E-state index contributed by atoms with van der Waals surface area (Å²) in [6, 6.07) is 0.212. The number of nitrogens with two attached hydrogens (primary N) is 1. The number of carbonyl (C=O) groups excluding carboxylic acids is 1. The number of hydrogen-bond donors (Lipinski definition) is 2. The molecule has 3 N–H and O–H groups in total. The summed E-state index contributed by atoms with van der Waals surface area (Å²) in [6.45, 7) is 2.61. The third-order valence-corrected chi connectivity index (χ3v) is 3.30. The normalized spacial score (nSPS) is 18.6. The predicted molar refractivity (Wildman–Crippen MR) is 69.7 cm³/mol. The van der Waals surface area contributed by atoms with E-state index >= 15 is 0 Å². The van der Waals surface area contributed by atoms with E-state index in [0.29, 0.717) is 18.9 Å². The number of rotatable bonds is 5. The largest absolute Gasteiger partial charge is 0.352 e. The minimum absolute atomic E-state index is 0. The van der Waals surface area contributed by atoms with E-state index in [1.165, 1.54) is 32.1 Å². The van der Waals surface area contributed by atoms with Crippen molar-refractivity contribution >= 4 is 18.3 Å². The molecule has 0 saturated heterocycles. The van der Waals surface area contributed by atoms with Crippen molar-refractivity contribution in [3.63, 3.8) is 0 Å². The van der Waals surface area contributed by atoms with E-state index in [2.05, 4.69) is 5.32 Å². The lowest BCUT2D eigenvalue weighted by Crippen LogP contribution is -2.45. The molecule has 1 fully saturated rings. The number of hydrogen-bond acceptors (Lipinski definition) is 2. The lowest BCUT2D eigenvalue weighted by Gasteiger charge is -2.30. The van der Waals surface area contributed by atoms with E-state index in [1.807, 2.05) is 6.92 Å². The van der Waals surface area contributed by atoms with Gasteiger partial charge in [-0.3, -0.25) is 4.79 Å². The lowest BCUT2D eigenvalue weighted by atomic mass is 9.84. The molecule has 1 amide bonds. The van der Waals surface area contributed by atoms with E-state index in [0.717, 1.165) is 6.42 Å². The molecule has 0 aromatic rings. The van der Waals surface area contributed by atoms with E-state index in [9.17, 15) is 4.79 Å². The Labute approximate surface area is 105 Å². The van der Waals surface area contributed by atoms with Crippen molar-refractivity contribution in [2.24, 2.45) is 11.7 Å². The molecule has 0 bridgehead atoms. The van der Waals surface area contributed by atoms with Gasteiger partial charge in [-0.15, -0.1) is 12.4 Å². The molecular formula is C12H25ClN2O. The zero-order valence-corrected chi connectivity index (χ0v) is 11.0. The summed E-state index contributed by atoms with van der Waals surface area (Å²) in [5.74, 6) is 0.781. The number of nitrogens with one attached hydrogen (secondary N) is 1. The van der Waals surface area contributed by atoms with Gasteiger partial charge in [0, 0.05) is 19.0 Å². The second-order valence-electron chi connectivity index (χ2n) is 4.56. The van der Waals surface area contributed by atoms with Crippen LogP contribution in [0.25, 0.3) is 0 Å². The smallest absolute Gasteiger partial charge is 0.220 e. The number of amides is 1. The van der Waals surface area contributed by atoms with Gasteiger partial charge in [-0.1, -0.05) is 26.2 Å². The van der Waals surface area contributed by atoms with Gasteiger partial charge in [0.05, 0.1) is 0 Å². The Balaban J connectivity index is 0.00000225. The first kappa shape index (κ1) is 15.7. The molecule has 4 heteroatoms. The summed E-state index contributed by atoms with van der Waals surface area (Å²) in [7, 11) is 0. The fourth-order valence-corrected chi connectivity index (χ4v) is 2.41. The minimum Gasteiger partial charge on any atom is -0.352 e. The Hall–Kier alpha value is -0.280. The highest BCUT2D eigenvalue weighted by Crippen LogP contribution is 2.26. The summed E-state index contributed by atoms with van der Waals surface area (Å²) in [5.41, 5.74) is 5.73. The van der Waals surface area contributed by atoms with Crippen LogP contribution in [0.4, 0.5) is 0 Å². The molecule has 1 unspecified atom stereocenters. The maximum atomic E-state index is 11.5. The third kappa shape index (κ3) is 5.17. The quantitative estimate of drug-likeness (QED) is 0.784. The Morgan fingerprint density at radius 3 is 2.50 bits per heavy atom. The van der Waals surface area contributed by atoms with Crippen molar-refractivity contribution in [2.75, 3.05) is 6.54 Å². The van der Waals surface area contributed by atoms with E-state index < -0.39 is 0 Å². The van der Waals surface area contributed by atoms with Gasteiger partial charge in [-0.25, -0.2) is 0 Å². The Morgan fingerprint density at radius 1 is 1.38 bits per heavy atom. The fraction of sp³-hybridized carbons (Fsp3) is 0.917. The van der Waals surface area contributed by atoms with Crippen LogP contribution in [0, 0.1) is 5.92 Å². The van der Waals surface area contributed by atoms with Gasteiger partial charge >= 0.3 is 0 Å². The van der Waals surface area contributed by atoms with Gasteiger partial charge < -0.3 is 11.1 Å². The van der Waals surface area contributed by atoms with Crippen LogP contribution in [0.5, 0.6) is 0 Å². The molecule has 0 heterocycles. The van der Waals surface area contributed by atoms with Crippen LogP contribution in [0.2, 0.25) is 0 Å². The molecule has 1 aliphatic rings. The zero-order valence-electron chi connectivity index (χ0n) is 10.2. The molecular weight excluding hydrogens is 224 g/mol. The first-order valence-electron chi connectivity index (χ1n) is 6.27. The molecule has 96 valence electrons. The van der Waals surface area contributed by atoms with Crippen LogP contribution >= 0.6 is 12.4 Å². The molecule has 16 heavy (non-hydrogen) atoms. The Morgan fingerprint density at radius 2 is 2.00 bits per heavy atom. The van der Waals surface area contributed by atoms with Gasteiger partial charge in [-0.2, -0.15) is 0 Å². The van der Waals surface area contributed by atoms with Crippen molar-refractivity contribution in [1.29, 1.82) is 0 Å². The maximum Gasteiger partial charge on any atom is 0.220 e. The predicted octanol–water partition coefficient (Wildman–Crippen LogP) is 2.23. The van der Waals surface area contributed by atoms with Crippen LogP contribution in [-0.2, 0) is 4.79 Å². The van der Waals surface area contributed by atoms with Gasteiger partial charge in [-0.05, 0) is 25.2 Å². The van der Waals surface area contributed by atoms with Gasteiger partial charge in [0.25, 0.3) is 0 Å². The van der Waals surface area contributed by atoms with Crippen LogP contribution in [0.1, 0.15) is 51.9 Å². The average molecular weight is 249 g/mol. The van der Waals surface area contributed by atoms with Gasteiger partial charge in [0.2, 0.25) is 5.91 Å². The highest BCUT2D eigenvalue weighted by atomic mass is 35.5. The van der Waals surface area contributed by atoms with Crippen molar-refractivity contribution in [3.05, 3.63) is 0 Å². The second-order valence-corrected chi connectivity index (χ2v) is 4.56. The summed E-state index contributed by atoms with van der Waals surface area (Å²) >= 11 is 0. The Kier molecular flexibility index (Phi) is 8.67. The van der Waals surface area contributed by atoms with E-state index in [4.69, 9.17) is 5.73 Å². The highest BCUT2D eigenvalue weighted by Gasteiger charge is 2.23.